The molecular formula is C19H23ClN2O2S. The second-order valence-corrected chi connectivity index (χ2v) is 8.54. The molecule has 1 aliphatic rings. The van der Waals surface area contributed by atoms with E-state index < -0.39 is 5.92 Å². The molecule has 1 aromatic carbocycles. The van der Waals surface area contributed by atoms with Gasteiger partial charge in [-0.1, -0.05) is 31.0 Å². The Morgan fingerprint density at radius 1 is 1.32 bits per heavy atom. The van der Waals surface area contributed by atoms with Crippen molar-refractivity contribution in [2.24, 2.45) is 10.9 Å². The van der Waals surface area contributed by atoms with E-state index in [-0.39, 0.29) is 18.4 Å². The van der Waals surface area contributed by atoms with Gasteiger partial charge in [0, 0.05) is 33.0 Å². The number of hydrogen-bond acceptors (Lipinski definition) is 3. The summed E-state index contributed by atoms with van der Waals surface area (Å²) in [4.78, 5) is 29.7. The van der Waals surface area contributed by atoms with Gasteiger partial charge in [0.2, 0.25) is 0 Å². The Labute approximate surface area is 158 Å². The highest BCUT2D eigenvalue weighted by molar-refractivity contribution is 8.00. The Hall–Kier alpha value is -1.59. The Morgan fingerprint density at radius 3 is 2.60 bits per heavy atom. The van der Waals surface area contributed by atoms with E-state index in [0.717, 1.165) is 16.0 Å². The fourth-order valence-electron chi connectivity index (χ4n) is 2.71. The first-order valence-electron chi connectivity index (χ1n) is 8.21. The Balaban J connectivity index is 2.15. The lowest BCUT2D eigenvalue weighted by Gasteiger charge is -2.19. The maximum absolute atomic E-state index is 12.6. The molecule has 0 bridgehead atoms. The van der Waals surface area contributed by atoms with E-state index in [9.17, 15) is 9.59 Å². The lowest BCUT2D eigenvalue weighted by atomic mass is 9.95. The van der Waals surface area contributed by atoms with Crippen molar-refractivity contribution in [2.75, 3.05) is 6.54 Å². The van der Waals surface area contributed by atoms with E-state index in [1.807, 2.05) is 26.0 Å². The fraction of sp³-hybridized carbons (Fsp3) is 0.421. The lowest BCUT2D eigenvalue weighted by Crippen LogP contribution is -2.35. The predicted octanol–water partition coefficient (Wildman–Crippen LogP) is 4.44. The SMILES string of the molecule is CC1=CC(C)=NC(=O)C1CNC(=O)c1cc(Cl)cc(SC(C)C)c1C. The van der Waals surface area contributed by atoms with E-state index >= 15 is 0 Å². The Kier molecular flexibility index (Phi) is 6.47. The van der Waals surface area contributed by atoms with Crippen LogP contribution in [0, 0.1) is 12.8 Å². The number of halogens is 1. The minimum absolute atomic E-state index is 0.211. The summed E-state index contributed by atoms with van der Waals surface area (Å²) in [6.45, 7) is 10.0. The van der Waals surface area contributed by atoms with Crippen LogP contribution in [-0.2, 0) is 4.79 Å². The fourth-order valence-corrected chi connectivity index (χ4v) is 3.99. The molecule has 0 saturated carbocycles. The van der Waals surface area contributed by atoms with E-state index in [1.165, 1.54) is 0 Å². The number of carbonyl (C=O) groups is 2. The van der Waals surface area contributed by atoms with Gasteiger partial charge in [0.15, 0.2) is 0 Å². The third-order valence-electron chi connectivity index (χ3n) is 3.97. The van der Waals surface area contributed by atoms with Gasteiger partial charge >= 0.3 is 0 Å². The van der Waals surface area contributed by atoms with Crippen LogP contribution in [0.2, 0.25) is 5.02 Å². The quantitative estimate of drug-likeness (QED) is 0.770. The molecule has 0 aromatic heterocycles. The van der Waals surface area contributed by atoms with Gasteiger partial charge in [-0.2, -0.15) is 0 Å². The van der Waals surface area contributed by atoms with Crippen molar-refractivity contribution in [2.45, 2.75) is 44.8 Å². The van der Waals surface area contributed by atoms with Gasteiger partial charge in [0.1, 0.15) is 0 Å². The molecule has 0 spiro atoms. The van der Waals surface area contributed by atoms with Crippen LogP contribution in [-0.4, -0.2) is 29.3 Å². The highest BCUT2D eigenvalue weighted by Crippen LogP contribution is 2.31. The van der Waals surface area contributed by atoms with Crippen molar-refractivity contribution in [3.8, 4) is 0 Å². The number of thioether (sulfide) groups is 1. The zero-order valence-corrected chi connectivity index (χ0v) is 16.7. The summed E-state index contributed by atoms with van der Waals surface area (Å²) in [5, 5.41) is 3.78. The zero-order chi connectivity index (χ0) is 18.7. The van der Waals surface area contributed by atoms with E-state index in [2.05, 4.69) is 24.2 Å². The first-order chi connectivity index (χ1) is 11.7. The molecule has 1 N–H and O–H groups in total. The molecule has 2 rings (SSSR count). The van der Waals surface area contributed by atoms with Crippen LogP contribution in [0.1, 0.15) is 43.6 Å². The maximum atomic E-state index is 12.6. The minimum Gasteiger partial charge on any atom is -0.351 e. The molecule has 0 aliphatic carbocycles. The van der Waals surface area contributed by atoms with Crippen LogP contribution in [0.5, 0.6) is 0 Å². The molecule has 0 saturated heterocycles. The molecule has 1 unspecified atom stereocenters. The van der Waals surface area contributed by atoms with Crippen molar-refractivity contribution in [3.63, 3.8) is 0 Å². The van der Waals surface area contributed by atoms with Crippen LogP contribution >= 0.6 is 23.4 Å². The van der Waals surface area contributed by atoms with Gasteiger partial charge in [-0.05, 0) is 44.5 Å². The Bertz CT molecular complexity index is 769. The van der Waals surface area contributed by atoms with E-state index in [0.29, 0.717) is 21.5 Å². The van der Waals surface area contributed by atoms with Gasteiger partial charge in [-0.15, -0.1) is 11.8 Å². The number of carbonyl (C=O) groups excluding carboxylic acids is 2. The number of nitrogens with zero attached hydrogens (tertiary/aromatic N) is 1. The van der Waals surface area contributed by atoms with Crippen molar-refractivity contribution in [1.82, 2.24) is 5.32 Å². The van der Waals surface area contributed by atoms with Gasteiger partial charge in [-0.3, -0.25) is 9.59 Å². The summed E-state index contributed by atoms with van der Waals surface area (Å²) in [5.74, 6) is -0.842. The number of amides is 2. The van der Waals surface area contributed by atoms with E-state index in [4.69, 9.17) is 11.6 Å². The molecule has 1 atom stereocenters. The molecule has 1 aliphatic heterocycles. The van der Waals surface area contributed by atoms with E-state index in [1.54, 1.807) is 24.8 Å². The van der Waals surface area contributed by atoms with Crippen molar-refractivity contribution >= 4 is 40.9 Å². The molecule has 1 aromatic rings. The van der Waals surface area contributed by atoms with Crippen molar-refractivity contribution in [1.29, 1.82) is 0 Å². The number of hydrogen-bond donors (Lipinski definition) is 1. The molecule has 4 nitrogen and oxygen atoms in total. The van der Waals surface area contributed by atoms with Crippen LogP contribution in [0.15, 0.2) is 33.7 Å². The molecule has 2 amide bonds. The molecule has 0 fully saturated rings. The monoisotopic (exact) mass is 378 g/mol. The molecule has 134 valence electrons. The number of nitrogens with one attached hydrogen (secondary N) is 1. The third kappa shape index (κ3) is 4.95. The summed E-state index contributed by atoms with van der Waals surface area (Å²) in [7, 11) is 0. The highest BCUT2D eigenvalue weighted by atomic mass is 35.5. The number of allylic oxidation sites excluding steroid dienone is 1. The molecule has 6 heteroatoms. The first kappa shape index (κ1) is 19.7. The average molecular weight is 379 g/mol. The van der Waals surface area contributed by atoms with Crippen LogP contribution in [0.25, 0.3) is 0 Å². The van der Waals surface area contributed by atoms with Crippen molar-refractivity contribution in [3.05, 3.63) is 39.9 Å². The van der Waals surface area contributed by atoms with Gasteiger partial charge in [0.05, 0.1) is 5.92 Å². The van der Waals surface area contributed by atoms with Gasteiger partial charge in [-0.25, -0.2) is 4.99 Å². The summed E-state index contributed by atoms with van der Waals surface area (Å²) in [6, 6.07) is 3.55. The second-order valence-electron chi connectivity index (χ2n) is 6.49. The van der Waals surface area contributed by atoms with Crippen LogP contribution in [0.4, 0.5) is 0 Å². The first-order valence-corrected chi connectivity index (χ1v) is 9.47. The van der Waals surface area contributed by atoms with Crippen LogP contribution in [0.3, 0.4) is 0 Å². The highest BCUT2D eigenvalue weighted by Gasteiger charge is 2.24. The number of aliphatic imine (C=N–C) groups is 1. The summed E-state index contributed by atoms with van der Waals surface area (Å²) >= 11 is 7.86. The molecule has 0 radical (unpaired) electrons. The third-order valence-corrected chi connectivity index (χ3v) is 5.34. The number of dihydropyridines is 1. The molecule has 1 heterocycles. The summed E-state index contributed by atoms with van der Waals surface area (Å²) < 4.78 is 0. The number of rotatable bonds is 5. The molecular weight excluding hydrogens is 356 g/mol. The van der Waals surface area contributed by atoms with Crippen molar-refractivity contribution < 1.29 is 9.59 Å². The summed E-state index contributed by atoms with van der Waals surface area (Å²) in [5.41, 5.74) is 3.06. The lowest BCUT2D eigenvalue weighted by molar-refractivity contribution is -0.120. The standard InChI is InChI=1S/C19H23ClN2O2S/c1-10(2)25-17-8-14(20)7-15(13(17)5)18(23)21-9-16-11(3)6-12(4)22-19(16)24/h6-8,10,16H,9H2,1-5H3,(H,21,23). The minimum atomic E-state index is -0.406. The smallest absolute Gasteiger partial charge is 0.254 e. The summed E-state index contributed by atoms with van der Waals surface area (Å²) in [6.07, 6.45) is 1.88. The maximum Gasteiger partial charge on any atom is 0.254 e. The normalized spacial score (nSPS) is 17.4. The van der Waals surface area contributed by atoms with Gasteiger partial charge < -0.3 is 5.32 Å². The topological polar surface area (TPSA) is 58.5 Å². The predicted molar refractivity (Wildman–Crippen MR) is 105 cm³/mol. The number of benzene rings is 1. The average Bonchev–Trinajstić information content (AvgIpc) is 2.48. The second kappa shape index (κ2) is 8.19. The van der Waals surface area contributed by atoms with Gasteiger partial charge in [0.25, 0.3) is 11.8 Å². The Morgan fingerprint density at radius 2 is 2.00 bits per heavy atom. The molecule has 25 heavy (non-hydrogen) atoms. The van der Waals surface area contributed by atoms with Crippen LogP contribution < -0.4 is 5.32 Å². The zero-order valence-electron chi connectivity index (χ0n) is 15.1. The largest absolute Gasteiger partial charge is 0.351 e.